The molecule has 5 heteroatoms. The average molecular weight is 302 g/mol. The van der Waals surface area contributed by atoms with Crippen LogP contribution in [0.4, 0.5) is 4.39 Å². The Morgan fingerprint density at radius 2 is 1.90 bits per heavy atom. The van der Waals surface area contributed by atoms with Crippen LogP contribution in [0.1, 0.15) is 11.1 Å². The molecule has 0 fully saturated rings. The Labute approximate surface area is 125 Å². The van der Waals surface area contributed by atoms with Crippen molar-refractivity contribution in [3.8, 4) is 0 Å². The maximum atomic E-state index is 12.8. The first-order chi connectivity index (χ1) is 10.1. The molecule has 0 spiro atoms. The second kappa shape index (κ2) is 5.50. The van der Waals surface area contributed by atoms with Crippen molar-refractivity contribution in [2.24, 2.45) is 4.99 Å². The molecule has 0 aliphatic carbocycles. The molecule has 2 aromatic rings. The van der Waals surface area contributed by atoms with E-state index in [0.29, 0.717) is 16.1 Å². The Bertz CT molecular complexity index is 766. The summed E-state index contributed by atoms with van der Waals surface area (Å²) in [5, 5.41) is 0.530. The van der Waals surface area contributed by atoms with E-state index in [-0.39, 0.29) is 17.4 Å². The van der Waals surface area contributed by atoms with Crippen molar-refractivity contribution in [1.82, 2.24) is 0 Å². The Morgan fingerprint density at radius 1 is 1.14 bits per heavy atom. The molecule has 21 heavy (non-hydrogen) atoms. The molecule has 3 nitrogen and oxygen atoms in total. The molecule has 0 amide bonds. The molecule has 1 aliphatic rings. The third-order valence-electron chi connectivity index (χ3n) is 2.87. The SMILES string of the molecule is O=C1OC(c2cccc(Cl)c2)=N/C1=C\c1ccc(F)cc1. The highest BCUT2D eigenvalue weighted by molar-refractivity contribution is 6.31. The molecular weight excluding hydrogens is 293 g/mol. The summed E-state index contributed by atoms with van der Waals surface area (Å²) in [6, 6.07) is 12.6. The number of nitrogens with zero attached hydrogens (tertiary/aromatic N) is 1. The lowest BCUT2D eigenvalue weighted by Gasteiger charge is -1.98. The van der Waals surface area contributed by atoms with Gasteiger partial charge in [-0.2, -0.15) is 0 Å². The van der Waals surface area contributed by atoms with E-state index in [2.05, 4.69) is 4.99 Å². The third-order valence-corrected chi connectivity index (χ3v) is 3.10. The number of aliphatic imine (C=N–C) groups is 1. The number of carbonyl (C=O) groups excluding carboxylic acids is 1. The zero-order valence-corrected chi connectivity index (χ0v) is 11.5. The van der Waals surface area contributed by atoms with Gasteiger partial charge in [0.15, 0.2) is 5.70 Å². The summed E-state index contributed by atoms with van der Waals surface area (Å²) >= 11 is 5.90. The average Bonchev–Trinajstić information content (AvgIpc) is 2.83. The van der Waals surface area contributed by atoms with E-state index in [0.717, 1.165) is 0 Å². The first-order valence-corrected chi connectivity index (χ1v) is 6.54. The largest absolute Gasteiger partial charge is 0.402 e. The van der Waals surface area contributed by atoms with Gasteiger partial charge in [0.2, 0.25) is 5.90 Å². The van der Waals surface area contributed by atoms with Gasteiger partial charge < -0.3 is 4.74 Å². The number of rotatable bonds is 2. The maximum Gasteiger partial charge on any atom is 0.363 e. The zero-order valence-electron chi connectivity index (χ0n) is 10.7. The van der Waals surface area contributed by atoms with Gasteiger partial charge in [-0.25, -0.2) is 14.2 Å². The Balaban J connectivity index is 1.93. The second-order valence-electron chi connectivity index (χ2n) is 4.40. The van der Waals surface area contributed by atoms with Gasteiger partial charge in [-0.15, -0.1) is 0 Å². The molecule has 2 aromatic carbocycles. The van der Waals surface area contributed by atoms with Gasteiger partial charge in [-0.1, -0.05) is 29.8 Å². The maximum absolute atomic E-state index is 12.8. The highest BCUT2D eigenvalue weighted by Gasteiger charge is 2.24. The lowest BCUT2D eigenvalue weighted by Crippen LogP contribution is -2.05. The number of benzene rings is 2. The van der Waals surface area contributed by atoms with Crippen LogP contribution in [0.25, 0.3) is 6.08 Å². The van der Waals surface area contributed by atoms with Gasteiger partial charge in [0.1, 0.15) is 5.82 Å². The Hall–Kier alpha value is -2.46. The Kier molecular flexibility index (Phi) is 3.54. The van der Waals surface area contributed by atoms with Crippen molar-refractivity contribution >= 4 is 29.5 Å². The van der Waals surface area contributed by atoms with E-state index >= 15 is 0 Å². The van der Waals surface area contributed by atoms with Crippen LogP contribution in [0.5, 0.6) is 0 Å². The molecule has 3 rings (SSSR count). The van der Waals surface area contributed by atoms with E-state index < -0.39 is 5.97 Å². The molecule has 104 valence electrons. The van der Waals surface area contributed by atoms with Crippen LogP contribution < -0.4 is 0 Å². The summed E-state index contributed by atoms with van der Waals surface area (Å²) in [6.07, 6.45) is 1.54. The monoisotopic (exact) mass is 301 g/mol. The van der Waals surface area contributed by atoms with Crippen LogP contribution >= 0.6 is 11.6 Å². The summed E-state index contributed by atoms with van der Waals surface area (Å²) in [7, 11) is 0. The summed E-state index contributed by atoms with van der Waals surface area (Å²) in [6.45, 7) is 0. The normalized spacial score (nSPS) is 16.0. The fraction of sp³-hybridized carbons (Fsp3) is 0. The lowest BCUT2D eigenvalue weighted by molar-refractivity contribution is -0.129. The molecule has 0 unspecified atom stereocenters. The summed E-state index contributed by atoms with van der Waals surface area (Å²) < 4.78 is 18.0. The Morgan fingerprint density at radius 3 is 2.62 bits per heavy atom. The van der Waals surface area contributed by atoms with E-state index in [4.69, 9.17) is 16.3 Å². The van der Waals surface area contributed by atoms with Gasteiger partial charge in [0, 0.05) is 10.6 Å². The highest BCUT2D eigenvalue weighted by atomic mass is 35.5. The number of cyclic esters (lactones) is 1. The van der Waals surface area contributed by atoms with Crippen molar-refractivity contribution in [3.63, 3.8) is 0 Å². The molecule has 1 aliphatic heterocycles. The second-order valence-corrected chi connectivity index (χ2v) is 4.83. The quantitative estimate of drug-likeness (QED) is 0.625. The number of carbonyl (C=O) groups is 1. The lowest BCUT2D eigenvalue weighted by atomic mass is 10.2. The smallest absolute Gasteiger partial charge is 0.363 e. The highest BCUT2D eigenvalue weighted by Crippen LogP contribution is 2.20. The topological polar surface area (TPSA) is 38.7 Å². The summed E-state index contributed by atoms with van der Waals surface area (Å²) in [5.74, 6) is -0.681. The van der Waals surface area contributed by atoms with E-state index in [1.54, 1.807) is 42.5 Å². The van der Waals surface area contributed by atoms with E-state index in [9.17, 15) is 9.18 Å². The standard InChI is InChI=1S/C16H9ClFNO2/c17-12-3-1-2-11(9-12)15-19-14(16(20)21-15)8-10-4-6-13(18)7-5-10/h1-9H/b14-8-. The third kappa shape index (κ3) is 3.01. The minimum atomic E-state index is -0.547. The number of esters is 1. The van der Waals surface area contributed by atoms with Crippen LogP contribution in [0.3, 0.4) is 0 Å². The van der Waals surface area contributed by atoms with Crippen molar-refractivity contribution < 1.29 is 13.9 Å². The van der Waals surface area contributed by atoms with Crippen molar-refractivity contribution in [2.45, 2.75) is 0 Å². The van der Waals surface area contributed by atoms with Crippen LogP contribution in [0.2, 0.25) is 5.02 Å². The number of ether oxygens (including phenoxy) is 1. The molecular formula is C16H9ClFNO2. The summed E-state index contributed by atoms with van der Waals surface area (Å²) in [5.41, 5.74) is 1.45. The van der Waals surface area contributed by atoms with Gasteiger partial charge in [-0.3, -0.25) is 0 Å². The molecule has 0 aromatic heterocycles. The minimum absolute atomic E-state index is 0.164. The molecule has 0 saturated carbocycles. The first-order valence-electron chi connectivity index (χ1n) is 6.16. The van der Waals surface area contributed by atoms with Crippen LogP contribution in [0.15, 0.2) is 59.2 Å². The van der Waals surface area contributed by atoms with Crippen molar-refractivity contribution in [3.05, 3.63) is 76.2 Å². The molecule has 0 bridgehead atoms. The number of halogens is 2. The molecule has 0 N–H and O–H groups in total. The van der Waals surface area contributed by atoms with Gasteiger partial charge in [-0.05, 0) is 42.0 Å². The number of hydrogen-bond donors (Lipinski definition) is 0. The molecule has 0 radical (unpaired) electrons. The van der Waals surface area contributed by atoms with Crippen LogP contribution in [-0.4, -0.2) is 11.9 Å². The van der Waals surface area contributed by atoms with Crippen molar-refractivity contribution in [1.29, 1.82) is 0 Å². The van der Waals surface area contributed by atoms with Gasteiger partial charge in [0.05, 0.1) is 0 Å². The predicted octanol–water partition coefficient (Wildman–Crippen LogP) is 3.82. The first kappa shape index (κ1) is 13.5. The van der Waals surface area contributed by atoms with Gasteiger partial charge in [0.25, 0.3) is 0 Å². The van der Waals surface area contributed by atoms with E-state index in [1.165, 1.54) is 12.1 Å². The molecule has 1 heterocycles. The van der Waals surface area contributed by atoms with Crippen LogP contribution in [0, 0.1) is 5.82 Å². The fourth-order valence-electron chi connectivity index (χ4n) is 1.87. The minimum Gasteiger partial charge on any atom is -0.402 e. The van der Waals surface area contributed by atoms with Gasteiger partial charge >= 0.3 is 5.97 Å². The molecule has 0 saturated heterocycles. The van der Waals surface area contributed by atoms with Crippen molar-refractivity contribution in [2.75, 3.05) is 0 Å². The van der Waals surface area contributed by atoms with Crippen LogP contribution in [-0.2, 0) is 9.53 Å². The zero-order chi connectivity index (χ0) is 14.8. The number of hydrogen-bond acceptors (Lipinski definition) is 3. The summed E-state index contributed by atoms with van der Waals surface area (Å²) in [4.78, 5) is 16.0. The predicted molar refractivity (Wildman–Crippen MR) is 78.5 cm³/mol. The molecule has 0 atom stereocenters. The fourth-order valence-corrected chi connectivity index (χ4v) is 2.06. The van der Waals surface area contributed by atoms with E-state index in [1.807, 2.05) is 0 Å².